The average molecular weight is 782 g/mol. The van der Waals surface area contributed by atoms with Gasteiger partial charge in [-0.05, 0) is 65.4 Å². The minimum Gasteiger partial charge on any atom is -0.491 e. The van der Waals surface area contributed by atoms with Crippen molar-refractivity contribution in [2.24, 2.45) is 11.7 Å². The molecule has 1 spiro atoms. The third-order valence-electron chi connectivity index (χ3n) is 11.9. The fourth-order valence-electron chi connectivity index (χ4n) is 9.50. The van der Waals surface area contributed by atoms with Gasteiger partial charge in [0.1, 0.15) is 29.9 Å². The van der Waals surface area contributed by atoms with Crippen LogP contribution in [0.5, 0.6) is 5.75 Å². The van der Waals surface area contributed by atoms with Gasteiger partial charge in [-0.1, -0.05) is 104 Å². The van der Waals surface area contributed by atoms with Gasteiger partial charge in [0.15, 0.2) is 0 Å². The Morgan fingerprint density at radius 2 is 1.53 bits per heavy atom. The molecular weight excluding hydrogens is 735 g/mol. The molecule has 12 nitrogen and oxygen atoms in total. The Morgan fingerprint density at radius 1 is 0.862 bits per heavy atom. The van der Waals surface area contributed by atoms with Crippen molar-refractivity contribution in [2.45, 2.75) is 61.7 Å². The first-order valence-corrected chi connectivity index (χ1v) is 20.0. The summed E-state index contributed by atoms with van der Waals surface area (Å²) < 4.78 is 12.3. The lowest BCUT2D eigenvalue weighted by molar-refractivity contribution is -0.179. The second-order valence-corrected chi connectivity index (χ2v) is 15.2. The molecule has 4 heterocycles. The Kier molecular flexibility index (Phi) is 11.2. The number of hydrogen-bond donors (Lipinski definition) is 4. The second-order valence-electron chi connectivity index (χ2n) is 15.2. The number of fused-ring (bicyclic) bond motifs is 3. The number of likely N-dealkylation sites (tertiary alicyclic amines) is 1. The minimum absolute atomic E-state index is 0.0134. The third kappa shape index (κ3) is 7.05. The van der Waals surface area contributed by atoms with Gasteiger partial charge in [0.05, 0.1) is 31.2 Å². The number of aliphatic hydroxyl groups excluding tert-OH is 1. The highest BCUT2D eigenvalue weighted by molar-refractivity contribution is 6.12. The predicted molar refractivity (Wildman–Crippen MR) is 216 cm³/mol. The first-order chi connectivity index (χ1) is 28.3. The van der Waals surface area contributed by atoms with E-state index in [1.54, 1.807) is 24.3 Å². The standard InChI is InChI=1S/C46H47N5O7/c47-45(56)48-24-12-13-30-18-23-36-35(29-30)46(44(55)49-36)37(42(53)50-25-10-2-1-3-11-26-50)39-43(54)58-40(32-16-8-5-9-17-32)38(31-14-6-4-7-15-31)51(39)41(46)33-19-21-34(22-20-33)57-28-27-52/h4-9,14-23,29,37-41,52H,1-3,10-11,24-28H2,(H,49,55)(H3,47,48,56)/t37-,38-,39-,40+,41+,46-/m0/s1. The Labute approximate surface area is 337 Å². The van der Waals surface area contributed by atoms with Gasteiger partial charge in [0.25, 0.3) is 0 Å². The monoisotopic (exact) mass is 781 g/mol. The van der Waals surface area contributed by atoms with Gasteiger partial charge in [-0.15, -0.1) is 0 Å². The molecule has 0 radical (unpaired) electrons. The minimum atomic E-state index is -1.65. The highest BCUT2D eigenvalue weighted by Gasteiger charge is 2.74. The number of anilines is 1. The highest BCUT2D eigenvalue weighted by Crippen LogP contribution is 2.65. The van der Waals surface area contributed by atoms with Gasteiger partial charge in [-0.3, -0.25) is 19.3 Å². The van der Waals surface area contributed by atoms with Crippen LogP contribution >= 0.6 is 0 Å². The van der Waals surface area contributed by atoms with Crippen molar-refractivity contribution in [3.63, 3.8) is 0 Å². The van der Waals surface area contributed by atoms with E-state index in [1.807, 2.05) is 83.8 Å². The summed E-state index contributed by atoms with van der Waals surface area (Å²) in [4.78, 5) is 61.5. The van der Waals surface area contributed by atoms with E-state index in [-0.39, 0.29) is 25.7 Å². The maximum absolute atomic E-state index is 15.7. The van der Waals surface area contributed by atoms with Crippen LogP contribution in [-0.4, -0.2) is 77.6 Å². The number of nitrogens with two attached hydrogens (primary N) is 1. The fraction of sp³-hybridized carbons (Fsp3) is 0.348. The van der Waals surface area contributed by atoms with Crippen molar-refractivity contribution in [3.8, 4) is 17.6 Å². The van der Waals surface area contributed by atoms with E-state index in [1.165, 1.54) is 0 Å². The maximum atomic E-state index is 15.7. The molecule has 12 heteroatoms. The summed E-state index contributed by atoms with van der Waals surface area (Å²) in [5.41, 5.74) is 7.58. The van der Waals surface area contributed by atoms with E-state index in [9.17, 15) is 9.90 Å². The van der Waals surface area contributed by atoms with Crippen molar-refractivity contribution in [1.82, 2.24) is 15.1 Å². The molecule has 0 aromatic heterocycles. The highest BCUT2D eigenvalue weighted by atomic mass is 16.6. The molecule has 4 aliphatic heterocycles. The van der Waals surface area contributed by atoms with E-state index in [0.29, 0.717) is 41.2 Å². The van der Waals surface area contributed by atoms with Crippen LogP contribution in [0.4, 0.5) is 10.5 Å². The third-order valence-corrected chi connectivity index (χ3v) is 11.9. The lowest BCUT2D eigenvalue weighted by atomic mass is 9.65. The molecule has 3 fully saturated rings. The number of carbonyl (C=O) groups is 4. The number of esters is 1. The summed E-state index contributed by atoms with van der Waals surface area (Å²) in [6.07, 6.45) is 3.89. The molecule has 4 aromatic carbocycles. The van der Waals surface area contributed by atoms with Gasteiger partial charge in [0, 0.05) is 24.3 Å². The summed E-state index contributed by atoms with van der Waals surface area (Å²) >= 11 is 0. The molecule has 0 saturated carbocycles. The summed E-state index contributed by atoms with van der Waals surface area (Å²) in [7, 11) is 0. The SMILES string of the molecule is NC(=O)NCC#Cc1ccc2c(c1)[C@]1(C(=O)N2)[C@H](C(=O)N2CCCCCCC2)[C@H]2C(=O)O[C@H](c3ccccc3)[C@H](c3ccccc3)N2[C@@H]1c1ccc(OCCO)cc1. The number of benzene rings is 4. The molecule has 4 aromatic rings. The van der Waals surface area contributed by atoms with Crippen molar-refractivity contribution >= 4 is 29.5 Å². The molecule has 3 saturated heterocycles. The zero-order valence-electron chi connectivity index (χ0n) is 32.1. The largest absolute Gasteiger partial charge is 0.491 e. The van der Waals surface area contributed by atoms with Crippen LogP contribution in [0.1, 0.15) is 78.1 Å². The average Bonchev–Trinajstić information content (AvgIpc) is 3.70. The molecule has 6 atom stereocenters. The Bertz CT molecular complexity index is 2220. The molecular formula is C46H47N5O7. The van der Waals surface area contributed by atoms with Crippen molar-refractivity contribution in [1.29, 1.82) is 0 Å². The Morgan fingerprint density at radius 3 is 2.21 bits per heavy atom. The first kappa shape index (κ1) is 38.7. The van der Waals surface area contributed by atoms with Crippen LogP contribution in [-0.2, 0) is 24.5 Å². The fourth-order valence-corrected chi connectivity index (χ4v) is 9.50. The number of hydrogen-bond acceptors (Lipinski definition) is 8. The van der Waals surface area contributed by atoms with Gasteiger partial charge in [0.2, 0.25) is 11.8 Å². The summed E-state index contributed by atoms with van der Waals surface area (Å²) in [6, 6.07) is 28.7. The molecule has 4 amide bonds. The van der Waals surface area contributed by atoms with Gasteiger partial charge < -0.3 is 35.8 Å². The molecule has 58 heavy (non-hydrogen) atoms. The van der Waals surface area contributed by atoms with Crippen LogP contribution in [0.25, 0.3) is 0 Å². The summed E-state index contributed by atoms with van der Waals surface area (Å²) in [6.45, 7) is 0.973. The zero-order chi connectivity index (χ0) is 40.2. The second kappa shape index (κ2) is 16.7. The Balaban J connectivity index is 1.40. The van der Waals surface area contributed by atoms with Crippen LogP contribution in [0.15, 0.2) is 103 Å². The van der Waals surface area contributed by atoms with E-state index >= 15 is 14.4 Å². The smallest absolute Gasteiger partial charge is 0.324 e. The maximum Gasteiger partial charge on any atom is 0.324 e. The number of cyclic esters (lactones) is 1. The number of amides is 4. The number of morpholine rings is 1. The molecule has 0 aliphatic carbocycles. The number of nitrogens with zero attached hydrogens (tertiary/aromatic N) is 2. The van der Waals surface area contributed by atoms with E-state index in [2.05, 4.69) is 27.4 Å². The van der Waals surface area contributed by atoms with E-state index in [0.717, 1.165) is 43.2 Å². The van der Waals surface area contributed by atoms with Crippen molar-refractivity contribution < 1.29 is 33.8 Å². The predicted octanol–water partition coefficient (Wildman–Crippen LogP) is 5.14. The van der Waals surface area contributed by atoms with Gasteiger partial charge in [-0.25, -0.2) is 4.79 Å². The lowest BCUT2D eigenvalue weighted by Gasteiger charge is -2.46. The molecule has 0 unspecified atom stereocenters. The van der Waals surface area contributed by atoms with Gasteiger partial charge in [-0.2, -0.15) is 0 Å². The number of urea groups is 1. The van der Waals surface area contributed by atoms with Crippen LogP contribution in [0.3, 0.4) is 0 Å². The lowest BCUT2D eigenvalue weighted by Crippen LogP contribution is -2.55. The van der Waals surface area contributed by atoms with Crippen LogP contribution in [0.2, 0.25) is 0 Å². The Hall–Kier alpha value is -6.16. The first-order valence-electron chi connectivity index (χ1n) is 20.0. The number of carbonyl (C=O) groups excluding carboxylic acids is 4. The number of ether oxygens (including phenoxy) is 2. The summed E-state index contributed by atoms with van der Waals surface area (Å²) in [5, 5.41) is 15.1. The number of rotatable bonds is 8. The quantitative estimate of drug-likeness (QED) is 0.141. The van der Waals surface area contributed by atoms with Crippen molar-refractivity contribution in [2.75, 3.05) is 38.2 Å². The molecule has 5 N–H and O–H groups in total. The van der Waals surface area contributed by atoms with Crippen LogP contribution < -0.4 is 21.1 Å². The molecule has 8 rings (SSSR count). The summed E-state index contributed by atoms with van der Waals surface area (Å²) in [5.74, 6) is 4.10. The number of aliphatic hydroxyl groups is 1. The number of nitrogens with one attached hydrogen (secondary N) is 2. The topological polar surface area (TPSA) is 164 Å². The van der Waals surface area contributed by atoms with Gasteiger partial charge >= 0.3 is 12.0 Å². The molecule has 0 bridgehead atoms. The van der Waals surface area contributed by atoms with E-state index < -0.39 is 53.5 Å². The number of primary amides is 1. The molecule has 4 aliphatic rings. The van der Waals surface area contributed by atoms with Crippen molar-refractivity contribution in [3.05, 3.63) is 131 Å². The zero-order valence-corrected chi connectivity index (χ0v) is 32.1. The molecule has 298 valence electrons. The normalized spacial score (nSPS) is 25.3. The van der Waals surface area contributed by atoms with Crippen LogP contribution in [0, 0.1) is 17.8 Å². The van der Waals surface area contributed by atoms with E-state index in [4.69, 9.17) is 15.2 Å².